The number of aromatic nitrogens is 1. The molecule has 26 heavy (non-hydrogen) atoms. The molecule has 2 aromatic carbocycles. The van der Waals surface area contributed by atoms with Crippen molar-refractivity contribution in [3.8, 4) is 11.5 Å². The topological polar surface area (TPSA) is 64.8 Å². The van der Waals surface area contributed by atoms with Crippen molar-refractivity contribution in [3.63, 3.8) is 0 Å². The number of carbonyl (C=O) groups excluding carboxylic acids is 1. The zero-order valence-electron chi connectivity index (χ0n) is 14.3. The summed E-state index contributed by atoms with van der Waals surface area (Å²) in [5.41, 5.74) is 1.40. The summed E-state index contributed by atoms with van der Waals surface area (Å²) >= 11 is 0. The van der Waals surface area contributed by atoms with Crippen molar-refractivity contribution in [2.24, 2.45) is 0 Å². The molecule has 1 aromatic heterocycles. The average molecular weight is 350 g/mol. The lowest BCUT2D eigenvalue weighted by Gasteiger charge is -2.26. The molecule has 0 N–H and O–H groups in total. The maximum absolute atomic E-state index is 12.9. The van der Waals surface area contributed by atoms with E-state index in [9.17, 15) is 4.79 Å². The number of fused-ring (bicyclic) bond motifs is 1. The number of methoxy groups -OCH3 is 1. The molecular formula is C20H18N2O4. The van der Waals surface area contributed by atoms with Crippen LogP contribution in [0.25, 0.3) is 0 Å². The lowest BCUT2D eigenvalue weighted by Crippen LogP contribution is -2.37. The number of hydrogen-bond donors (Lipinski definition) is 0. The van der Waals surface area contributed by atoms with Gasteiger partial charge in [0.15, 0.2) is 6.61 Å². The molecule has 1 amide bonds. The van der Waals surface area contributed by atoms with E-state index in [1.165, 1.54) is 0 Å². The van der Waals surface area contributed by atoms with Crippen molar-refractivity contribution < 1.29 is 18.7 Å². The predicted octanol–water partition coefficient (Wildman–Crippen LogP) is 3.47. The SMILES string of the molecule is COc1ccccc1N1CCc2nc(COc3ccccc3)oc2C1=O. The zero-order chi connectivity index (χ0) is 17.9. The smallest absolute Gasteiger partial charge is 0.296 e. The van der Waals surface area contributed by atoms with Crippen LogP contribution >= 0.6 is 0 Å². The van der Waals surface area contributed by atoms with Crippen LogP contribution in [0.2, 0.25) is 0 Å². The van der Waals surface area contributed by atoms with Crippen LogP contribution in [0.3, 0.4) is 0 Å². The lowest BCUT2D eigenvalue weighted by molar-refractivity contribution is 0.0947. The van der Waals surface area contributed by atoms with Gasteiger partial charge < -0.3 is 18.8 Å². The number of oxazole rings is 1. The molecule has 0 saturated heterocycles. The van der Waals surface area contributed by atoms with Gasteiger partial charge in [-0.2, -0.15) is 0 Å². The second-order valence-corrected chi connectivity index (χ2v) is 5.86. The minimum absolute atomic E-state index is 0.180. The molecule has 6 heteroatoms. The number of benzene rings is 2. The Hall–Kier alpha value is -3.28. The van der Waals surface area contributed by atoms with Gasteiger partial charge in [0.2, 0.25) is 11.7 Å². The van der Waals surface area contributed by atoms with E-state index in [0.717, 1.165) is 11.4 Å². The number of anilines is 1. The van der Waals surface area contributed by atoms with Crippen LogP contribution in [0.1, 0.15) is 22.1 Å². The number of hydrogen-bond acceptors (Lipinski definition) is 5. The second kappa shape index (κ2) is 6.92. The number of amides is 1. The molecule has 0 spiro atoms. The van der Waals surface area contributed by atoms with Gasteiger partial charge in [-0.25, -0.2) is 4.98 Å². The van der Waals surface area contributed by atoms with Gasteiger partial charge in [0.1, 0.15) is 11.5 Å². The highest BCUT2D eigenvalue weighted by Gasteiger charge is 2.32. The van der Waals surface area contributed by atoms with Gasteiger partial charge in [0.05, 0.1) is 18.5 Å². The Morgan fingerprint density at radius 1 is 1.12 bits per heavy atom. The summed E-state index contributed by atoms with van der Waals surface area (Å²) in [6, 6.07) is 16.9. The summed E-state index contributed by atoms with van der Waals surface area (Å²) < 4.78 is 16.7. The monoisotopic (exact) mass is 350 g/mol. The van der Waals surface area contributed by atoms with Gasteiger partial charge in [-0.3, -0.25) is 4.79 Å². The Bertz CT molecular complexity index is 921. The first kappa shape index (κ1) is 16.2. The highest BCUT2D eigenvalue weighted by atomic mass is 16.5. The van der Waals surface area contributed by atoms with Crippen LogP contribution in [0.5, 0.6) is 11.5 Å². The van der Waals surface area contributed by atoms with Crippen molar-refractivity contribution in [3.05, 3.63) is 71.9 Å². The fraction of sp³-hybridized carbons (Fsp3) is 0.200. The minimum Gasteiger partial charge on any atom is -0.495 e. The third-order valence-corrected chi connectivity index (χ3v) is 4.23. The van der Waals surface area contributed by atoms with Crippen LogP contribution in [0, 0.1) is 0 Å². The predicted molar refractivity (Wildman–Crippen MR) is 95.7 cm³/mol. The largest absolute Gasteiger partial charge is 0.495 e. The summed E-state index contributed by atoms with van der Waals surface area (Å²) in [4.78, 5) is 18.9. The molecule has 3 aromatic rings. The molecule has 6 nitrogen and oxygen atoms in total. The molecular weight excluding hydrogens is 332 g/mol. The van der Waals surface area contributed by atoms with Crippen LogP contribution in [0.15, 0.2) is 59.0 Å². The van der Waals surface area contributed by atoms with E-state index in [-0.39, 0.29) is 18.3 Å². The minimum atomic E-state index is -0.214. The first-order chi connectivity index (χ1) is 12.8. The van der Waals surface area contributed by atoms with Crippen LogP contribution in [-0.4, -0.2) is 24.5 Å². The molecule has 0 aliphatic carbocycles. The fourth-order valence-electron chi connectivity index (χ4n) is 2.99. The Balaban J connectivity index is 1.54. The van der Waals surface area contributed by atoms with E-state index in [2.05, 4.69) is 4.98 Å². The van der Waals surface area contributed by atoms with Gasteiger partial charge in [-0.05, 0) is 24.3 Å². The number of nitrogens with zero attached hydrogens (tertiary/aromatic N) is 2. The van der Waals surface area contributed by atoms with E-state index in [4.69, 9.17) is 13.9 Å². The quantitative estimate of drug-likeness (QED) is 0.705. The standard InChI is InChI=1S/C20H18N2O4/c1-24-17-10-6-5-9-16(17)22-12-11-15-19(20(22)23)26-18(21-15)13-25-14-7-3-2-4-8-14/h2-10H,11-13H2,1H3. The Kier molecular flexibility index (Phi) is 4.31. The zero-order valence-corrected chi connectivity index (χ0v) is 14.3. The molecule has 0 unspecified atom stereocenters. The summed E-state index contributed by atoms with van der Waals surface area (Å²) in [6.45, 7) is 0.705. The molecule has 0 atom stereocenters. The number of para-hydroxylation sites is 3. The summed E-state index contributed by atoms with van der Waals surface area (Å²) in [7, 11) is 1.59. The molecule has 0 fully saturated rings. The highest BCUT2D eigenvalue weighted by Crippen LogP contribution is 2.32. The third kappa shape index (κ3) is 3.01. The van der Waals surface area contributed by atoms with Crippen LogP contribution in [0.4, 0.5) is 5.69 Å². The van der Waals surface area contributed by atoms with Crippen molar-refractivity contribution in [1.82, 2.24) is 4.98 Å². The van der Waals surface area contributed by atoms with Crippen molar-refractivity contribution in [2.75, 3.05) is 18.6 Å². The average Bonchev–Trinajstić information content (AvgIpc) is 3.12. The Morgan fingerprint density at radius 2 is 1.88 bits per heavy atom. The number of rotatable bonds is 5. The third-order valence-electron chi connectivity index (χ3n) is 4.23. The maximum Gasteiger partial charge on any atom is 0.296 e. The first-order valence-electron chi connectivity index (χ1n) is 8.37. The van der Waals surface area contributed by atoms with Crippen molar-refractivity contribution in [2.45, 2.75) is 13.0 Å². The molecule has 1 aliphatic heterocycles. The summed E-state index contributed by atoms with van der Waals surface area (Å²) in [6.07, 6.45) is 0.619. The van der Waals surface area contributed by atoms with Crippen LogP contribution < -0.4 is 14.4 Å². The molecule has 2 heterocycles. The van der Waals surface area contributed by atoms with E-state index < -0.39 is 0 Å². The normalized spacial score (nSPS) is 13.4. The van der Waals surface area contributed by atoms with Gasteiger partial charge >= 0.3 is 0 Å². The van der Waals surface area contributed by atoms with Gasteiger partial charge in [0, 0.05) is 13.0 Å². The molecule has 132 valence electrons. The van der Waals surface area contributed by atoms with E-state index in [0.29, 0.717) is 30.3 Å². The van der Waals surface area contributed by atoms with E-state index >= 15 is 0 Å². The molecule has 0 saturated carbocycles. The maximum atomic E-state index is 12.9. The number of carbonyl (C=O) groups is 1. The second-order valence-electron chi connectivity index (χ2n) is 5.86. The molecule has 4 rings (SSSR count). The van der Waals surface area contributed by atoms with Gasteiger partial charge in [-0.1, -0.05) is 30.3 Å². The van der Waals surface area contributed by atoms with E-state index in [1.54, 1.807) is 12.0 Å². The van der Waals surface area contributed by atoms with Crippen molar-refractivity contribution >= 4 is 11.6 Å². The first-order valence-corrected chi connectivity index (χ1v) is 8.37. The Labute approximate surface area is 151 Å². The van der Waals surface area contributed by atoms with Gasteiger partial charge in [0.25, 0.3) is 5.91 Å². The molecule has 0 radical (unpaired) electrons. The molecule has 0 bridgehead atoms. The van der Waals surface area contributed by atoms with Crippen LogP contribution in [-0.2, 0) is 13.0 Å². The molecule has 1 aliphatic rings. The summed E-state index contributed by atoms with van der Waals surface area (Å²) in [5.74, 6) is 1.83. The highest BCUT2D eigenvalue weighted by molar-refractivity contribution is 6.06. The Morgan fingerprint density at radius 3 is 2.69 bits per heavy atom. The number of ether oxygens (including phenoxy) is 2. The lowest BCUT2D eigenvalue weighted by atomic mass is 10.1. The van der Waals surface area contributed by atoms with Crippen molar-refractivity contribution in [1.29, 1.82) is 0 Å². The fourth-order valence-corrected chi connectivity index (χ4v) is 2.99. The van der Waals surface area contributed by atoms with Gasteiger partial charge in [-0.15, -0.1) is 0 Å². The van der Waals surface area contributed by atoms with E-state index in [1.807, 2.05) is 54.6 Å². The summed E-state index contributed by atoms with van der Waals surface area (Å²) in [5, 5.41) is 0.